The number of halogens is 1. The predicted octanol–water partition coefficient (Wildman–Crippen LogP) is 2.81. The van der Waals surface area contributed by atoms with Gasteiger partial charge in [-0.05, 0) is 37.5 Å². The average Bonchev–Trinajstić information content (AvgIpc) is 2.79. The van der Waals surface area contributed by atoms with Gasteiger partial charge in [-0.15, -0.1) is 0 Å². The molecule has 1 amide bonds. The molecule has 0 bridgehead atoms. The van der Waals surface area contributed by atoms with Crippen molar-refractivity contribution in [2.75, 3.05) is 37.6 Å². The summed E-state index contributed by atoms with van der Waals surface area (Å²) in [5.41, 5.74) is 8.29. The molecule has 1 aromatic rings. The van der Waals surface area contributed by atoms with E-state index in [1.165, 1.54) is 12.0 Å². The van der Waals surface area contributed by atoms with Crippen molar-refractivity contribution in [3.63, 3.8) is 0 Å². The van der Waals surface area contributed by atoms with Gasteiger partial charge in [-0.1, -0.05) is 42.1 Å². The molecule has 1 heterocycles. The number of nitrogens with two attached hydrogens (primary N) is 1. The van der Waals surface area contributed by atoms with E-state index in [0.29, 0.717) is 6.54 Å². The van der Waals surface area contributed by atoms with Gasteiger partial charge in [-0.3, -0.25) is 9.69 Å². The lowest BCUT2D eigenvalue weighted by Crippen LogP contribution is -2.49. The van der Waals surface area contributed by atoms with Gasteiger partial charge in [0.05, 0.1) is 13.0 Å². The van der Waals surface area contributed by atoms with Gasteiger partial charge in [0.1, 0.15) is 0 Å². The smallest absolute Gasteiger partial charge is 0.335 e. The molecule has 0 aromatic heterocycles. The van der Waals surface area contributed by atoms with Crippen LogP contribution >= 0.6 is 11.6 Å². The zero-order valence-corrected chi connectivity index (χ0v) is 19.6. The third-order valence-corrected chi connectivity index (χ3v) is 6.30. The first-order valence-corrected chi connectivity index (χ1v) is 11.8. The maximum atomic E-state index is 12.0. The Bertz CT molecular complexity index is 818. The van der Waals surface area contributed by atoms with Crippen molar-refractivity contribution >= 4 is 35.0 Å². The van der Waals surface area contributed by atoms with Crippen molar-refractivity contribution in [1.29, 1.82) is 0 Å². The Morgan fingerprint density at radius 2 is 1.88 bits per heavy atom. The number of piperazine rings is 1. The highest BCUT2D eigenvalue weighted by Gasteiger charge is 2.20. The number of benzene rings is 1. The van der Waals surface area contributed by atoms with Crippen molar-refractivity contribution in [3.8, 4) is 0 Å². The molecule has 1 aliphatic carbocycles. The first-order valence-electron chi connectivity index (χ1n) is 11.5. The number of nitrogens with zero attached hydrogens (tertiary/aromatic N) is 3. The quantitative estimate of drug-likeness (QED) is 0.266. The van der Waals surface area contributed by atoms with Crippen LogP contribution in [0.25, 0.3) is 0 Å². The number of nitrogens with one attached hydrogen (secondary N) is 1. The molecule has 9 heteroatoms. The van der Waals surface area contributed by atoms with Crippen LogP contribution in [-0.2, 0) is 14.4 Å². The SMILES string of the molecule is Cc1ccc(Cl)cc1N1CCN(C/C(N)=N/OC(=O)CCC(=O)NC2CCCCC2)CC1. The molecule has 0 atom stereocenters. The lowest BCUT2D eigenvalue weighted by molar-refractivity contribution is -0.145. The standard InChI is InChI=1S/C23H34ClN5O3/c1-17-7-8-18(24)15-20(17)29-13-11-28(12-14-29)16-21(25)27-32-23(31)10-9-22(30)26-19-5-3-2-4-6-19/h7-8,15,19H,2-6,9-14,16H2,1H3,(H2,25,27)(H,26,30). The second-order valence-electron chi connectivity index (χ2n) is 8.64. The summed E-state index contributed by atoms with van der Waals surface area (Å²) in [6, 6.07) is 6.17. The fourth-order valence-electron chi connectivity index (χ4n) is 4.25. The van der Waals surface area contributed by atoms with Crippen molar-refractivity contribution < 1.29 is 14.4 Å². The van der Waals surface area contributed by atoms with Crippen LogP contribution in [0.5, 0.6) is 0 Å². The number of aryl methyl sites for hydroxylation is 1. The Morgan fingerprint density at radius 3 is 2.59 bits per heavy atom. The molecule has 2 fully saturated rings. The fourth-order valence-corrected chi connectivity index (χ4v) is 4.41. The Kier molecular flexibility index (Phi) is 9.17. The number of anilines is 1. The molecular formula is C23H34ClN5O3. The van der Waals surface area contributed by atoms with Crippen molar-refractivity contribution in [1.82, 2.24) is 10.2 Å². The monoisotopic (exact) mass is 463 g/mol. The fraction of sp³-hybridized carbons (Fsp3) is 0.609. The molecule has 1 saturated heterocycles. The van der Waals surface area contributed by atoms with E-state index in [1.807, 2.05) is 18.2 Å². The molecule has 1 aliphatic heterocycles. The number of oxime groups is 1. The summed E-state index contributed by atoms with van der Waals surface area (Å²) in [5.74, 6) is -0.413. The Labute approximate surface area is 195 Å². The minimum Gasteiger partial charge on any atom is -0.383 e. The van der Waals surface area contributed by atoms with Crippen LogP contribution in [0.2, 0.25) is 5.02 Å². The number of rotatable bonds is 8. The topological polar surface area (TPSA) is 100 Å². The molecule has 1 aromatic carbocycles. The maximum absolute atomic E-state index is 12.0. The van der Waals surface area contributed by atoms with E-state index >= 15 is 0 Å². The summed E-state index contributed by atoms with van der Waals surface area (Å²) in [4.78, 5) is 33.3. The maximum Gasteiger partial charge on any atom is 0.335 e. The lowest BCUT2D eigenvalue weighted by Gasteiger charge is -2.36. The molecule has 1 saturated carbocycles. The zero-order valence-electron chi connectivity index (χ0n) is 18.8. The van der Waals surface area contributed by atoms with Gasteiger partial charge in [0, 0.05) is 49.4 Å². The number of hydrogen-bond acceptors (Lipinski definition) is 6. The van der Waals surface area contributed by atoms with Crippen LogP contribution in [-0.4, -0.2) is 61.4 Å². The molecule has 3 rings (SSSR count). The van der Waals surface area contributed by atoms with Gasteiger partial charge in [0.2, 0.25) is 5.91 Å². The van der Waals surface area contributed by atoms with Crippen LogP contribution in [0, 0.1) is 6.92 Å². The highest BCUT2D eigenvalue weighted by molar-refractivity contribution is 6.30. The Hall–Kier alpha value is -2.32. The molecule has 0 unspecified atom stereocenters. The summed E-state index contributed by atoms with van der Waals surface area (Å²) >= 11 is 6.14. The largest absolute Gasteiger partial charge is 0.383 e. The van der Waals surface area contributed by atoms with Crippen LogP contribution in [0.1, 0.15) is 50.5 Å². The predicted molar refractivity (Wildman–Crippen MR) is 127 cm³/mol. The van der Waals surface area contributed by atoms with Gasteiger partial charge in [-0.2, -0.15) is 0 Å². The summed E-state index contributed by atoms with van der Waals surface area (Å²) in [6.45, 7) is 5.85. The molecule has 3 N–H and O–H groups in total. The van der Waals surface area contributed by atoms with Crippen LogP contribution in [0.15, 0.2) is 23.4 Å². The van der Waals surface area contributed by atoms with Crippen molar-refractivity contribution in [3.05, 3.63) is 28.8 Å². The highest BCUT2D eigenvalue weighted by atomic mass is 35.5. The number of amidine groups is 1. The number of hydrogen-bond donors (Lipinski definition) is 2. The van der Waals surface area contributed by atoms with Gasteiger partial charge in [0.25, 0.3) is 0 Å². The Balaban J connectivity index is 1.34. The van der Waals surface area contributed by atoms with E-state index in [4.69, 9.17) is 22.2 Å². The highest BCUT2D eigenvalue weighted by Crippen LogP contribution is 2.25. The van der Waals surface area contributed by atoms with E-state index in [2.05, 4.69) is 27.2 Å². The summed E-state index contributed by atoms with van der Waals surface area (Å²) < 4.78 is 0. The van der Waals surface area contributed by atoms with Crippen molar-refractivity contribution in [2.24, 2.45) is 10.9 Å². The average molecular weight is 464 g/mol. The van der Waals surface area contributed by atoms with Gasteiger partial charge in [0.15, 0.2) is 5.84 Å². The molecule has 176 valence electrons. The van der Waals surface area contributed by atoms with E-state index < -0.39 is 5.97 Å². The first kappa shape index (κ1) is 24.3. The normalized spacial score (nSPS) is 18.4. The second kappa shape index (κ2) is 12.1. The van der Waals surface area contributed by atoms with Crippen molar-refractivity contribution in [2.45, 2.75) is 57.9 Å². The number of amides is 1. The third kappa shape index (κ3) is 7.67. The molecule has 32 heavy (non-hydrogen) atoms. The van der Waals surface area contributed by atoms with E-state index in [1.54, 1.807) is 0 Å². The molecule has 8 nitrogen and oxygen atoms in total. The first-order chi connectivity index (χ1) is 15.4. The van der Waals surface area contributed by atoms with Gasteiger partial charge < -0.3 is 20.8 Å². The zero-order chi connectivity index (χ0) is 22.9. The summed E-state index contributed by atoms with van der Waals surface area (Å²) in [5, 5.41) is 7.48. The van der Waals surface area contributed by atoms with Crippen LogP contribution in [0.4, 0.5) is 5.69 Å². The van der Waals surface area contributed by atoms with E-state index in [0.717, 1.165) is 62.6 Å². The van der Waals surface area contributed by atoms with Gasteiger partial charge >= 0.3 is 5.97 Å². The molecule has 0 spiro atoms. The molecule has 2 aliphatic rings. The summed E-state index contributed by atoms with van der Waals surface area (Å²) in [7, 11) is 0. The lowest BCUT2D eigenvalue weighted by atomic mass is 9.95. The minimum atomic E-state index is -0.548. The summed E-state index contributed by atoms with van der Waals surface area (Å²) in [6.07, 6.45) is 5.67. The van der Waals surface area contributed by atoms with Crippen LogP contribution < -0.4 is 16.0 Å². The van der Waals surface area contributed by atoms with Crippen LogP contribution in [0.3, 0.4) is 0 Å². The molecular weight excluding hydrogens is 430 g/mol. The van der Waals surface area contributed by atoms with Gasteiger partial charge in [-0.25, -0.2) is 4.79 Å². The number of carbonyl (C=O) groups is 2. The number of carbonyl (C=O) groups excluding carboxylic acids is 2. The Morgan fingerprint density at radius 1 is 1.16 bits per heavy atom. The third-order valence-electron chi connectivity index (χ3n) is 6.06. The van der Waals surface area contributed by atoms with E-state index in [-0.39, 0.29) is 30.6 Å². The minimum absolute atomic E-state index is 0.00695. The second-order valence-corrected chi connectivity index (χ2v) is 9.08. The molecule has 0 radical (unpaired) electrons. The van der Waals surface area contributed by atoms with E-state index in [9.17, 15) is 9.59 Å².